The average molecular weight is 288 g/mol. The first-order valence-electron chi connectivity index (χ1n) is 6.61. The topological polar surface area (TPSA) is 93.0 Å². The molecule has 0 spiro atoms. The highest BCUT2D eigenvalue weighted by molar-refractivity contribution is 6.04. The van der Waals surface area contributed by atoms with Gasteiger partial charge in [0.15, 0.2) is 5.82 Å². The Hall–Kier alpha value is -2.50. The summed E-state index contributed by atoms with van der Waals surface area (Å²) in [6.07, 6.45) is 0. The van der Waals surface area contributed by atoms with E-state index in [-0.39, 0.29) is 11.3 Å². The lowest BCUT2D eigenvalue weighted by atomic mass is 9.92. The smallest absolute Gasteiger partial charge is 0.257 e. The molecule has 1 aromatic carbocycles. The molecule has 0 unspecified atom stereocenters. The van der Waals surface area contributed by atoms with Crippen LogP contribution < -0.4 is 15.8 Å². The normalized spacial score (nSPS) is 11.2. The number of carbonyl (C=O) groups is 1. The molecular formula is C15H20N4O2. The number of H-pyrrole nitrogens is 1. The molecule has 1 amide bonds. The molecule has 21 heavy (non-hydrogen) atoms. The largest absolute Gasteiger partial charge is 0.497 e. The van der Waals surface area contributed by atoms with Gasteiger partial charge in [-0.05, 0) is 12.1 Å². The molecular weight excluding hydrogens is 268 g/mol. The fourth-order valence-electron chi connectivity index (χ4n) is 1.83. The number of methoxy groups -OCH3 is 1. The maximum Gasteiger partial charge on any atom is 0.257 e. The van der Waals surface area contributed by atoms with Gasteiger partial charge in [0, 0.05) is 34.5 Å². The highest BCUT2D eigenvalue weighted by atomic mass is 16.5. The number of rotatable bonds is 3. The van der Waals surface area contributed by atoms with E-state index in [1.54, 1.807) is 18.2 Å². The number of nitrogens with one attached hydrogen (secondary N) is 2. The van der Waals surface area contributed by atoms with Gasteiger partial charge in [0.25, 0.3) is 5.91 Å². The van der Waals surface area contributed by atoms with Crippen LogP contribution >= 0.6 is 0 Å². The van der Waals surface area contributed by atoms with E-state index in [9.17, 15) is 4.79 Å². The van der Waals surface area contributed by atoms with E-state index in [0.717, 1.165) is 5.69 Å². The summed E-state index contributed by atoms with van der Waals surface area (Å²) in [5, 5.41) is 9.75. The van der Waals surface area contributed by atoms with Gasteiger partial charge in [-0.1, -0.05) is 20.8 Å². The fourth-order valence-corrected chi connectivity index (χ4v) is 1.83. The molecule has 6 nitrogen and oxygen atoms in total. The van der Waals surface area contributed by atoms with Gasteiger partial charge in [-0.15, -0.1) is 0 Å². The summed E-state index contributed by atoms with van der Waals surface area (Å²) in [5.74, 6) is 0.733. The van der Waals surface area contributed by atoms with E-state index < -0.39 is 0 Å². The number of nitrogens with zero attached hydrogens (tertiary/aromatic N) is 1. The van der Waals surface area contributed by atoms with E-state index in [2.05, 4.69) is 36.3 Å². The van der Waals surface area contributed by atoms with E-state index >= 15 is 0 Å². The zero-order valence-electron chi connectivity index (χ0n) is 12.7. The molecule has 0 radical (unpaired) electrons. The quantitative estimate of drug-likeness (QED) is 0.757. The van der Waals surface area contributed by atoms with Gasteiger partial charge in [0.05, 0.1) is 7.11 Å². The van der Waals surface area contributed by atoms with Gasteiger partial charge >= 0.3 is 0 Å². The van der Waals surface area contributed by atoms with E-state index in [0.29, 0.717) is 22.8 Å². The van der Waals surface area contributed by atoms with Crippen molar-refractivity contribution in [3.63, 3.8) is 0 Å². The monoisotopic (exact) mass is 288 g/mol. The molecule has 4 N–H and O–H groups in total. The summed E-state index contributed by atoms with van der Waals surface area (Å²) in [6, 6.07) is 6.70. The van der Waals surface area contributed by atoms with Crippen LogP contribution in [-0.2, 0) is 5.41 Å². The number of hydrogen-bond donors (Lipinski definition) is 3. The summed E-state index contributed by atoms with van der Waals surface area (Å²) >= 11 is 0. The molecule has 0 fully saturated rings. The Balaban J connectivity index is 2.18. The lowest BCUT2D eigenvalue weighted by Crippen LogP contribution is -2.13. The van der Waals surface area contributed by atoms with Gasteiger partial charge in [-0.2, -0.15) is 5.10 Å². The van der Waals surface area contributed by atoms with E-state index in [4.69, 9.17) is 10.5 Å². The van der Waals surface area contributed by atoms with Crippen LogP contribution in [0.3, 0.4) is 0 Å². The van der Waals surface area contributed by atoms with Gasteiger partial charge in [-0.25, -0.2) is 0 Å². The van der Waals surface area contributed by atoms with Gasteiger partial charge in [-0.3, -0.25) is 9.89 Å². The lowest BCUT2D eigenvalue weighted by Gasteiger charge is -2.14. The summed E-state index contributed by atoms with van der Waals surface area (Å²) in [6.45, 7) is 6.19. The van der Waals surface area contributed by atoms with Crippen molar-refractivity contribution in [2.24, 2.45) is 0 Å². The van der Waals surface area contributed by atoms with Gasteiger partial charge < -0.3 is 15.8 Å². The minimum Gasteiger partial charge on any atom is -0.497 e. The molecule has 0 saturated heterocycles. The van der Waals surface area contributed by atoms with Crippen molar-refractivity contribution >= 4 is 17.4 Å². The number of benzene rings is 1. The molecule has 6 heteroatoms. The van der Waals surface area contributed by atoms with Crippen molar-refractivity contribution in [2.75, 3.05) is 18.2 Å². The number of hydrogen-bond acceptors (Lipinski definition) is 4. The van der Waals surface area contributed by atoms with Crippen LogP contribution in [0.25, 0.3) is 0 Å². The predicted octanol–water partition coefficient (Wildman–Crippen LogP) is 2.55. The summed E-state index contributed by atoms with van der Waals surface area (Å²) in [4.78, 5) is 12.2. The predicted molar refractivity (Wildman–Crippen MR) is 82.6 cm³/mol. The maximum absolute atomic E-state index is 12.2. The van der Waals surface area contributed by atoms with Crippen LogP contribution in [0.1, 0.15) is 36.8 Å². The van der Waals surface area contributed by atoms with Crippen LogP contribution in [0, 0.1) is 0 Å². The number of carbonyl (C=O) groups excluding carboxylic acids is 1. The van der Waals surface area contributed by atoms with E-state index in [1.807, 2.05) is 6.07 Å². The molecule has 0 aliphatic heterocycles. The Bertz CT molecular complexity index is 656. The van der Waals surface area contributed by atoms with Crippen molar-refractivity contribution < 1.29 is 9.53 Å². The van der Waals surface area contributed by atoms with Crippen LogP contribution in [0.15, 0.2) is 24.3 Å². The molecule has 2 rings (SSSR count). The number of anilines is 2. The molecule has 0 saturated carbocycles. The zero-order valence-corrected chi connectivity index (χ0v) is 12.7. The van der Waals surface area contributed by atoms with E-state index in [1.165, 1.54) is 7.11 Å². The van der Waals surface area contributed by atoms with Crippen LogP contribution in [-0.4, -0.2) is 23.2 Å². The Morgan fingerprint density at radius 2 is 2.00 bits per heavy atom. The van der Waals surface area contributed by atoms with Crippen LogP contribution in [0.2, 0.25) is 0 Å². The minimum absolute atomic E-state index is 0.0592. The second-order valence-corrected chi connectivity index (χ2v) is 5.87. The number of amides is 1. The van der Waals surface area contributed by atoms with Crippen molar-refractivity contribution in [2.45, 2.75) is 26.2 Å². The Morgan fingerprint density at radius 3 is 2.57 bits per heavy atom. The number of nitrogens with two attached hydrogens (primary N) is 1. The van der Waals surface area contributed by atoms with Gasteiger partial charge in [0.1, 0.15) is 5.75 Å². The molecule has 0 aliphatic rings. The highest BCUT2D eigenvalue weighted by Crippen LogP contribution is 2.23. The SMILES string of the molecule is COc1cc(N)cc(C(=O)Nc2cc(C(C)(C)C)[nH]n2)c1. The molecule has 2 aromatic rings. The Morgan fingerprint density at radius 1 is 1.29 bits per heavy atom. The summed E-state index contributed by atoms with van der Waals surface area (Å²) in [5.41, 5.74) is 7.53. The second-order valence-electron chi connectivity index (χ2n) is 5.87. The molecule has 0 aliphatic carbocycles. The standard InChI is InChI=1S/C15H20N4O2/c1-15(2,3)12-8-13(19-18-12)17-14(20)9-5-10(16)7-11(6-9)21-4/h5-8H,16H2,1-4H3,(H2,17,18,19,20). The first-order chi connectivity index (χ1) is 9.79. The van der Waals surface area contributed by atoms with Crippen LogP contribution in [0.4, 0.5) is 11.5 Å². The molecule has 1 aromatic heterocycles. The third-order valence-corrected chi connectivity index (χ3v) is 3.05. The van der Waals surface area contributed by atoms with Crippen LogP contribution in [0.5, 0.6) is 5.75 Å². The number of aromatic amines is 1. The Kier molecular flexibility index (Phi) is 3.88. The number of aromatic nitrogens is 2. The van der Waals surface area contributed by atoms with Crippen molar-refractivity contribution in [3.8, 4) is 5.75 Å². The lowest BCUT2D eigenvalue weighted by molar-refractivity contribution is 0.102. The Labute approximate surface area is 123 Å². The average Bonchev–Trinajstić information content (AvgIpc) is 2.86. The molecule has 112 valence electrons. The minimum atomic E-state index is -0.285. The van der Waals surface area contributed by atoms with Gasteiger partial charge in [0.2, 0.25) is 0 Å². The van der Waals surface area contributed by atoms with Crippen molar-refractivity contribution in [3.05, 3.63) is 35.5 Å². The summed E-state index contributed by atoms with van der Waals surface area (Å²) in [7, 11) is 1.53. The third kappa shape index (κ3) is 3.53. The third-order valence-electron chi connectivity index (χ3n) is 3.05. The molecule has 0 atom stereocenters. The fraction of sp³-hybridized carbons (Fsp3) is 0.333. The first-order valence-corrected chi connectivity index (χ1v) is 6.61. The van der Waals surface area contributed by atoms with Crippen molar-refractivity contribution in [1.29, 1.82) is 0 Å². The second kappa shape index (κ2) is 5.47. The molecule has 1 heterocycles. The number of nitrogen functional groups attached to an aromatic ring is 1. The number of ether oxygens (including phenoxy) is 1. The summed E-state index contributed by atoms with van der Waals surface area (Å²) < 4.78 is 5.10. The highest BCUT2D eigenvalue weighted by Gasteiger charge is 2.18. The van der Waals surface area contributed by atoms with Crippen molar-refractivity contribution in [1.82, 2.24) is 10.2 Å². The first kappa shape index (κ1) is 14.9. The molecule has 0 bridgehead atoms. The maximum atomic E-state index is 12.2. The zero-order chi connectivity index (χ0) is 15.6.